The molecular formula is C20H26N4O2. The van der Waals surface area contributed by atoms with Crippen LogP contribution in [0.3, 0.4) is 0 Å². The van der Waals surface area contributed by atoms with Crippen molar-refractivity contribution in [3.05, 3.63) is 48.5 Å². The Morgan fingerprint density at radius 3 is 2.85 bits per heavy atom. The Hall–Kier alpha value is -2.63. The monoisotopic (exact) mass is 354 g/mol. The molecule has 26 heavy (non-hydrogen) atoms. The summed E-state index contributed by atoms with van der Waals surface area (Å²) in [7, 11) is 0. The molecule has 1 fully saturated rings. The number of aromatic nitrogens is 2. The first-order valence-corrected chi connectivity index (χ1v) is 9.10. The van der Waals surface area contributed by atoms with Crippen molar-refractivity contribution in [3.63, 3.8) is 0 Å². The Morgan fingerprint density at radius 2 is 2.15 bits per heavy atom. The van der Waals surface area contributed by atoms with Crippen LogP contribution in [0.5, 0.6) is 0 Å². The molecule has 2 unspecified atom stereocenters. The van der Waals surface area contributed by atoms with Gasteiger partial charge in [0.1, 0.15) is 0 Å². The zero-order valence-corrected chi connectivity index (χ0v) is 15.6. The maximum Gasteiger partial charge on any atom is 0.227 e. The van der Waals surface area contributed by atoms with E-state index in [2.05, 4.69) is 30.2 Å². The van der Waals surface area contributed by atoms with E-state index in [1.165, 1.54) is 5.56 Å². The summed E-state index contributed by atoms with van der Waals surface area (Å²) >= 11 is 0. The largest absolute Gasteiger partial charge is 0.352 e. The average molecular weight is 354 g/mol. The van der Waals surface area contributed by atoms with Gasteiger partial charge in [0.2, 0.25) is 11.8 Å². The summed E-state index contributed by atoms with van der Waals surface area (Å²) < 4.78 is 1.93. The zero-order valence-electron chi connectivity index (χ0n) is 15.6. The lowest BCUT2D eigenvalue weighted by Gasteiger charge is -2.20. The molecule has 2 amide bonds. The van der Waals surface area contributed by atoms with Gasteiger partial charge in [-0.2, -0.15) is 0 Å². The number of carbonyl (C=O) groups is 2. The molecule has 1 aliphatic rings. The quantitative estimate of drug-likeness (QED) is 0.867. The number of imidazole rings is 1. The van der Waals surface area contributed by atoms with Crippen molar-refractivity contribution in [3.8, 4) is 0 Å². The predicted molar refractivity (Wildman–Crippen MR) is 101 cm³/mol. The van der Waals surface area contributed by atoms with Crippen LogP contribution in [0.4, 0.5) is 5.69 Å². The molecule has 0 spiro atoms. The maximum atomic E-state index is 12.6. The third kappa shape index (κ3) is 4.12. The van der Waals surface area contributed by atoms with Gasteiger partial charge in [0, 0.05) is 43.6 Å². The molecular weight excluding hydrogens is 328 g/mol. The molecule has 1 N–H and O–H groups in total. The van der Waals surface area contributed by atoms with Crippen LogP contribution in [-0.4, -0.2) is 34.0 Å². The second kappa shape index (κ2) is 7.72. The first-order valence-electron chi connectivity index (χ1n) is 9.10. The van der Waals surface area contributed by atoms with Crippen LogP contribution in [0.15, 0.2) is 43.0 Å². The highest BCUT2D eigenvalue weighted by Gasteiger charge is 2.35. The fourth-order valence-corrected chi connectivity index (χ4v) is 3.30. The molecule has 0 aliphatic carbocycles. The normalized spacial score (nSPS) is 18.4. The lowest BCUT2D eigenvalue weighted by Crippen LogP contribution is -2.40. The smallest absolute Gasteiger partial charge is 0.227 e. The van der Waals surface area contributed by atoms with E-state index in [9.17, 15) is 9.59 Å². The highest BCUT2D eigenvalue weighted by molar-refractivity contribution is 6.00. The molecule has 1 aromatic carbocycles. The average Bonchev–Trinajstić information content (AvgIpc) is 3.24. The standard InChI is InChI=1S/C20H26N4O2/c1-14(2)16-5-4-6-18(9-16)24-12-17(10-19(24)25)20(26)22-15(3)11-23-8-7-21-13-23/h4-9,13-15,17H,10-12H2,1-3H3,(H,22,26). The summed E-state index contributed by atoms with van der Waals surface area (Å²) in [5.41, 5.74) is 2.07. The molecule has 2 heterocycles. The zero-order chi connectivity index (χ0) is 18.7. The van der Waals surface area contributed by atoms with Crippen molar-refractivity contribution < 1.29 is 9.59 Å². The minimum Gasteiger partial charge on any atom is -0.352 e. The van der Waals surface area contributed by atoms with Crippen molar-refractivity contribution in [1.82, 2.24) is 14.9 Å². The fraction of sp³-hybridized carbons (Fsp3) is 0.450. The second-order valence-electron chi connectivity index (χ2n) is 7.32. The van der Waals surface area contributed by atoms with Crippen LogP contribution in [0.2, 0.25) is 0 Å². The Morgan fingerprint density at radius 1 is 1.35 bits per heavy atom. The number of nitrogens with zero attached hydrogens (tertiary/aromatic N) is 3. The van der Waals surface area contributed by atoms with Crippen molar-refractivity contribution in [2.24, 2.45) is 5.92 Å². The minimum atomic E-state index is -0.310. The fourth-order valence-electron chi connectivity index (χ4n) is 3.30. The number of hydrogen-bond acceptors (Lipinski definition) is 3. The van der Waals surface area contributed by atoms with Crippen LogP contribution in [0.1, 0.15) is 38.7 Å². The molecule has 6 heteroatoms. The van der Waals surface area contributed by atoms with Crippen molar-refractivity contribution >= 4 is 17.5 Å². The molecule has 1 aromatic heterocycles. The van der Waals surface area contributed by atoms with Crippen LogP contribution in [0, 0.1) is 5.92 Å². The maximum absolute atomic E-state index is 12.6. The van der Waals surface area contributed by atoms with Gasteiger partial charge < -0.3 is 14.8 Å². The third-order valence-corrected chi connectivity index (χ3v) is 4.78. The molecule has 138 valence electrons. The number of carbonyl (C=O) groups excluding carboxylic acids is 2. The number of hydrogen-bond donors (Lipinski definition) is 1. The highest BCUT2D eigenvalue weighted by Crippen LogP contribution is 2.28. The summed E-state index contributed by atoms with van der Waals surface area (Å²) in [5, 5.41) is 3.02. The number of anilines is 1. The molecule has 0 saturated carbocycles. The first-order chi connectivity index (χ1) is 12.4. The van der Waals surface area contributed by atoms with Crippen molar-refractivity contribution in [2.75, 3.05) is 11.4 Å². The molecule has 6 nitrogen and oxygen atoms in total. The summed E-state index contributed by atoms with van der Waals surface area (Å²) in [4.78, 5) is 30.7. The van der Waals surface area contributed by atoms with Crippen LogP contribution < -0.4 is 10.2 Å². The second-order valence-corrected chi connectivity index (χ2v) is 7.32. The van der Waals surface area contributed by atoms with E-state index in [4.69, 9.17) is 0 Å². The van der Waals surface area contributed by atoms with E-state index in [0.717, 1.165) is 5.69 Å². The lowest BCUT2D eigenvalue weighted by atomic mass is 10.0. The van der Waals surface area contributed by atoms with E-state index in [-0.39, 0.29) is 30.2 Å². The van der Waals surface area contributed by atoms with Crippen LogP contribution in [0.25, 0.3) is 0 Å². The van der Waals surface area contributed by atoms with Gasteiger partial charge in [0.25, 0.3) is 0 Å². The van der Waals surface area contributed by atoms with E-state index in [1.54, 1.807) is 17.4 Å². The molecule has 1 saturated heterocycles. The third-order valence-electron chi connectivity index (χ3n) is 4.78. The van der Waals surface area contributed by atoms with Crippen LogP contribution >= 0.6 is 0 Å². The van der Waals surface area contributed by atoms with E-state index in [1.807, 2.05) is 35.9 Å². The van der Waals surface area contributed by atoms with Crippen LogP contribution in [-0.2, 0) is 16.1 Å². The van der Waals surface area contributed by atoms with Gasteiger partial charge in [-0.3, -0.25) is 9.59 Å². The molecule has 0 radical (unpaired) electrons. The number of benzene rings is 1. The molecule has 2 atom stereocenters. The van der Waals surface area contributed by atoms with E-state index < -0.39 is 0 Å². The highest BCUT2D eigenvalue weighted by atomic mass is 16.2. The van der Waals surface area contributed by atoms with Gasteiger partial charge in [0.15, 0.2) is 0 Å². The van der Waals surface area contributed by atoms with Gasteiger partial charge in [-0.15, -0.1) is 0 Å². The molecule has 3 rings (SSSR count). The first kappa shape index (κ1) is 18.2. The van der Waals surface area contributed by atoms with Crippen molar-refractivity contribution in [1.29, 1.82) is 0 Å². The van der Waals surface area contributed by atoms with Gasteiger partial charge in [-0.05, 0) is 30.5 Å². The molecule has 1 aliphatic heterocycles. The number of rotatable bonds is 6. The minimum absolute atomic E-state index is 0.00770. The summed E-state index contributed by atoms with van der Waals surface area (Å²) in [6, 6.07) is 8.00. The Labute approximate surface area is 154 Å². The Kier molecular flexibility index (Phi) is 5.40. The summed E-state index contributed by atoms with van der Waals surface area (Å²) in [6.45, 7) is 7.31. The lowest BCUT2D eigenvalue weighted by molar-refractivity contribution is -0.126. The SMILES string of the molecule is CC(Cn1ccnc1)NC(=O)C1CC(=O)N(c2cccc(C(C)C)c2)C1. The van der Waals surface area contributed by atoms with Gasteiger partial charge in [0.05, 0.1) is 12.2 Å². The molecule has 2 aromatic rings. The van der Waals surface area contributed by atoms with E-state index in [0.29, 0.717) is 19.0 Å². The van der Waals surface area contributed by atoms with Gasteiger partial charge in [-0.1, -0.05) is 26.0 Å². The number of amides is 2. The molecule has 0 bridgehead atoms. The summed E-state index contributed by atoms with van der Waals surface area (Å²) in [5.74, 6) is 0.0352. The van der Waals surface area contributed by atoms with Gasteiger partial charge >= 0.3 is 0 Å². The summed E-state index contributed by atoms with van der Waals surface area (Å²) in [6.07, 6.45) is 5.57. The number of nitrogens with one attached hydrogen (secondary N) is 1. The van der Waals surface area contributed by atoms with Gasteiger partial charge in [-0.25, -0.2) is 4.98 Å². The topological polar surface area (TPSA) is 67.2 Å². The Bertz CT molecular complexity index is 770. The predicted octanol–water partition coefficient (Wildman–Crippen LogP) is 2.56. The Balaban J connectivity index is 1.61. The van der Waals surface area contributed by atoms with E-state index >= 15 is 0 Å². The van der Waals surface area contributed by atoms with Crippen molar-refractivity contribution in [2.45, 2.75) is 45.7 Å².